The van der Waals surface area contributed by atoms with Crippen LogP contribution in [0.5, 0.6) is 5.75 Å². The van der Waals surface area contributed by atoms with Crippen molar-refractivity contribution < 1.29 is 9.53 Å². The number of carbonyl (C=O) groups is 1. The van der Waals surface area contributed by atoms with Gasteiger partial charge < -0.3 is 10.1 Å². The van der Waals surface area contributed by atoms with Crippen LogP contribution in [0.4, 0.5) is 5.69 Å². The highest BCUT2D eigenvalue weighted by Gasteiger charge is 2.27. The van der Waals surface area contributed by atoms with E-state index in [4.69, 9.17) is 10.00 Å². The summed E-state index contributed by atoms with van der Waals surface area (Å²) in [6.45, 7) is 7.00. The van der Waals surface area contributed by atoms with Crippen LogP contribution >= 0.6 is 0 Å². The van der Waals surface area contributed by atoms with Gasteiger partial charge in [-0.1, -0.05) is 0 Å². The zero-order chi connectivity index (χ0) is 13.9. The molecule has 4 nitrogen and oxygen atoms in total. The third-order valence-corrected chi connectivity index (χ3v) is 2.77. The lowest BCUT2D eigenvalue weighted by atomic mass is 9.94. The molecule has 4 heteroatoms. The second-order valence-corrected chi connectivity index (χ2v) is 4.83. The number of nitriles is 1. The van der Waals surface area contributed by atoms with E-state index in [1.54, 1.807) is 21.0 Å². The molecule has 0 spiro atoms. The van der Waals surface area contributed by atoms with Gasteiger partial charge in [0.25, 0.3) is 0 Å². The highest BCUT2D eigenvalue weighted by molar-refractivity contribution is 5.96. The van der Waals surface area contributed by atoms with Crippen molar-refractivity contribution in [3.05, 3.63) is 23.3 Å². The first-order chi connectivity index (χ1) is 8.31. The fraction of sp³-hybridized carbons (Fsp3) is 0.429. The number of aryl methyl sites for hydroxylation is 2. The topological polar surface area (TPSA) is 62.1 Å². The molecule has 1 N–H and O–H groups in total. The van der Waals surface area contributed by atoms with Gasteiger partial charge in [-0.15, -0.1) is 0 Å². The Labute approximate surface area is 108 Å². The Kier molecular flexibility index (Phi) is 3.97. The van der Waals surface area contributed by atoms with E-state index in [0.717, 1.165) is 16.9 Å². The molecular formula is C14H18N2O2. The lowest BCUT2D eigenvalue weighted by Crippen LogP contribution is -2.29. The molecule has 1 rings (SSSR count). The predicted molar refractivity (Wildman–Crippen MR) is 70.5 cm³/mol. The molecule has 0 unspecified atom stereocenters. The largest absolute Gasteiger partial charge is 0.496 e. The second kappa shape index (κ2) is 5.09. The summed E-state index contributed by atoms with van der Waals surface area (Å²) in [7, 11) is 1.62. The van der Waals surface area contributed by atoms with Crippen LogP contribution in [0.2, 0.25) is 0 Å². The molecule has 0 saturated carbocycles. The molecule has 0 radical (unpaired) electrons. The second-order valence-electron chi connectivity index (χ2n) is 4.83. The molecule has 1 aromatic rings. The number of hydrogen-bond donors (Lipinski definition) is 1. The molecule has 0 aliphatic carbocycles. The van der Waals surface area contributed by atoms with Crippen molar-refractivity contribution >= 4 is 11.6 Å². The fourth-order valence-corrected chi connectivity index (χ4v) is 1.68. The van der Waals surface area contributed by atoms with Crippen LogP contribution in [0.15, 0.2) is 12.1 Å². The number of amides is 1. The lowest BCUT2D eigenvalue weighted by Gasteiger charge is -2.17. The van der Waals surface area contributed by atoms with Crippen molar-refractivity contribution in [2.75, 3.05) is 12.4 Å². The van der Waals surface area contributed by atoms with Crippen molar-refractivity contribution in [3.63, 3.8) is 0 Å². The van der Waals surface area contributed by atoms with E-state index in [1.165, 1.54) is 0 Å². The molecule has 0 aliphatic rings. The Bertz CT molecular complexity index is 490. The third kappa shape index (κ3) is 2.80. The van der Waals surface area contributed by atoms with Gasteiger partial charge >= 0.3 is 0 Å². The minimum atomic E-state index is -1.04. The van der Waals surface area contributed by atoms with E-state index in [2.05, 4.69) is 5.32 Å². The van der Waals surface area contributed by atoms with Crippen LogP contribution in [0.3, 0.4) is 0 Å². The molecule has 96 valence electrons. The van der Waals surface area contributed by atoms with Gasteiger partial charge in [0, 0.05) is 5.69 Å². The number of nitrogens with zero attached hydrogens (tertiary/aromatic N) is 1. The van der Waals surface area contributed by atoms with E-state index < -0.39 is 5.41 Å². The summed E-state index contributed by atoms with van der Waals surface area (Å²) in [5, 5.41) is 11.7. The average Bonchev–Trinajstić information content (AvgIpc) is 2.28. The van der Waals surface area contributed by atoms with Crippen LogP contribution in [-0.2, 0) is 4.79 Å². The van der Waals surface area contributed by atoms with E-state index in [1.807, 2.05) is 32.0 Å². The van der Waals surface area contributed by atoms with Crippen LogP contribution in [0, 0.1) is 30.6 Å². The van der Waals surface area contributed by atoms with Gasteiger partial charge in [-0.25, -0.2) is 0 Å². The molecule has 0 aromatic heterocycles. The maximum absolute atomic E-state index is 11.9. The van der Waals surface area contributed by atoms with Crippen LogP contribution in [0.1, 0.15) is 25.0 Å². The fourth-order valence-electron chi connectivity index (χ4n) is 1.68. The highest BCUT2D eigenvalue weighted by atomic mass is 16.5. The smallest absolute Gasteiger partial charge is 0.244 e. The van der Waals surface area contributed by atoms with Crippen molar-refractivity contribution in [3.8, 4) is 11.8 Å². The average molecular weight is 246 g/mol. The molecule has 0 atom stereocenters. The minimum Gasteiger partial charge on any atom is -0.496 e. The number of anilines is 1. The molecule has 0 fully saturated rings. The predicted octanol–water partition coefficient (Wildman–Crippen LogP) is 2.80. The molecule has 1 aromatic carbocycles. The van der Waals surface area contributed by atoms with Gasteiger partial charge in [-0.05, 0) is 51.0 Å². The van der Waals surface area contributed by atoms with Crippen LogP contribution in [0.25, 0.3) is 0 Å². The van der Waals surface area contributed by atoms with Crippen molar-refractivity contribution in [2.24, 2.45) is 5.41 Å². The van der Waals surface area contributed by atoms with Crippen molar-refractivity contribution in [2.45, 2.75) is 27.7 Å². The Hall–Kier alpha value is -2.02. The van der Waals surface area contributed by atoms with Gasteiger partial charge in [-0.3, -0.25) is 4.79 Å². The minimum absolute atomic E-state index is 0.311. The Morgan fingerprint density at radius 2 is 1.83 bits per heavy atom. The maximum Gasteiger partial charge on any atom is 0.244 e. The molecule has 0 saturated heterocycles. The SMILES string of the molecule is COc1c(C)cc(NC(=O)C(C)(C)C#N)cc1C. The van der Waals surface area contributed by atoms with Gasteiger partial charge in [0.15, 0.2) is 0 Å². The van der Waals surface area contributed by atoms with Gasteiger partial charge in [0.2, 0.25) is 5.91 Å². The quantitative estimate of drug-likeness (QED) is 0.892. The van der Waals surface area contributed by atoms with Gasteiger partial charge in [0.1, 0.15) is 11.2 Å². The number of hydrogen-bond acceptors (Lipinski definition) is 3. The summed E-state index contributed by atoms with van der Waals surface area (Å²) in [6.07, 6.45) is 0. The summed E-state index contributed by atoms with van der Waals surface area (Å²) >= 11 is 0. The number of methoxy groups -OCH3 is 1. The van der Waals surface area contributed by atoms with Crippen LogP contribution < -0.4 is 10.1 Å². The third-order valence-electron chi connectivity index (χ3n) is 2.77. The number of rotatable bonds is 3. The summed E-state index contributed by atoms with van der Waals surface area (Å²) in [5.41, 5.74) is 1.53. The van der Waals surface area contributed by atoms with Crippen LogP contribution in [-0.4, -0.2) is 13.0 Å². The molecule has 0 heterocycles. The van der Waals surface area contributed by atoms with E-state index >= 15 is 0 Å². The van der Waals surface area contributed by atoms with Crippen molar-refractivity contribution in [1.82, 2.24) is 0 Å². The van der Waals surface area contributed by atoms with Gasteiger partial charge in [-0.2, -0.15) is 5.26 Å². The lowest BCUT2D eigenvalue weighted by molar-refractivity contribution is -0.121. The number of benzene rings is 1. The molecule has 0 bridgehead atoms. The number of nitrogens with one attached hydrogen (secondary N) is 1. The summed E-state index contributed by atoms with van der Waals surface area (Å²) in [4.78, 5) is 11.9. The Balaban J connectivity index is 3.01. The summed E-state index contributed by atoms with van der Waals surface area (Å²) < 4.78 is 5.26. The first-order valence-electron chi connectivity index (χ1n) is 5.69. The molecule has 1 amide bonds. The Morgan fingerprint density at radius 3 is 2.22 bits per heavy atom. The normalized spacial score (nSPS) is 10.7. The van der Waals surface area contributed by atoms with Gasteiger partial charge in [0.05, 0.1) is 13.2 Å². The first kappa shape index (κ1) is 14.0. The first-order valence-corrected chi connectivity index (χ1v) is 5.69. The molecule has 0 aliphatic heterocycles. The number of carbonyl (C=O) groups excluding carboxylic acids is 1. The van der Waals surface area contributed by atoms with E-state index in [9.17, 15) is 4.79 Å². The monoisotopic (exact) mass is 246 g/mol. The molecular weight excluding hydrogens is 228 g/mol. The zero-order valence-electron chi connectivity index (χ0n) is 11.4. The highest BCUT2D eigenvalue weighted by Crippen LogP contribution is 2.27. The standard InChI is InChI=1S/C14H18N2O2/c1-9-6-11(7-10(2)12(9)18-5)16-13(17)14(3,4)8-15/h6-7H,1-5H3,(H,16,17). The summed E-state index contributed by atoms with van der Waals surface area (Å²) in [6, 6.07) is 5.64. The zero-order valence-corrected chi connectivity index (χ0v) is 11.4. The van der Waals surface area contributed by atoms with E-state index in [0.29, 0.717) is 5.69 Å². The Morgan fingerprint density at radius 1 is 1.33 bits per heavy atom. The maximum atomic E-state index is 11.9. The van der Waals surface area contributed by atoms with E-state index in [-0.39, 0.29) is 5.91 Å². The summed E-state index contributed by atoms with van der Waals surface area (Å²) in [5.74, 6) is 0.501. The van der Waals surface area contributed by atoms with Crippen molar-refractivity contribution in [1.29, 1.82) is 5.26 Å². The number of ether oxygens (including phenoxy) is 1. The molecule has 18 heavy (non-hydrogen) atoms.